The molecule has 1 atom stereocenters. The molecule has 0 N–H and O–H groups in total. The van der Waals surface area contributed by atoms with Gasteiger partial charge in [0.2, 0.25) is 5.89 Å². The van der Waals surface area contributed by atoms with E-state index in [1.165, 1.54) is 18.2 Å². The highest BCUT2D eigenvalue weighted by molar-refractivity contribution is 6.20. The van der Waals surface area contributed by atoms with Gasteiger partial charge in [-0.15, -0.1) is 11.6 Å². The van der Waals surface area contributed by atoms with Crippen LogP contribution in [0.5, 0.6) is 0 Å². The monoisotopic (exact) mass is 286 g/mol. The Morgan fingerprint density at radius 3 is 2.63 bits per heavy atom. The summed E-state index contributed by atoms with van der Waals surface area (Å²) in [5, 5.41) is 3.39. The highest BCUT2D eigenvalue weighted by Crippen LogP contribution is 2.23. The van der Waals surface area contributed by atoms with Gasteiger partial charge in [-0.3, -0.25) is 0 Å². The minimum Gasteiger partial charge on any atom is -0.339 e. The van der Waals surface area contributed by atoms with E-state index in [0.717, 1.165) is 6.42 Å². The topological polar surface area (TPSA) is 38.9 Å². The highest BCUT2D eigenvalue weighted by atomic mass is 35.5. The first-order valence-corrected chi connectivity index (χ1v) is 6.45. The zero-order chi connectivity index (χ0) is 13.8. The number of aromatic nitrogens is 2. The maximum atomic E-state index is 13.5. The van der Waals surface area contributed by atoms with Crippen LogP contribution < -0.4 is 0 Å². The van der Waals surface area contributed by atoms with Crippen LogP contribution in [0.15, 0.2) is 22.7 Å². The van der Waals surface area contributed by atoms with E-state index in [1.54, 1.807) is 0 Å². The standard InChI is InChI=1S/C13H13ClF2N2O/c1-2-4-9(14)13-17-12(19-18-13)7-8-10(15)5-3-6-11(8)16/h3,5-6,9H,2,4,7H2,1H3. The molecule has 102 valence electrons. The summed E-state index contributed by atoms with van der Waals surface area (Å²) in [7, 11) is 0. The normalized spacial score (nSPS) is 12.6. The van der Waals surface area contributed by atoms with E-state index in [-0.39, 0.29) is 23.3 Å². The number of hydrogen-bond donors (Lipinski definition) is 0. The second-order valence-corrected chi connectivity index (χ2v) is 4.71. The summed E-state index contributed by atoms with van der Waals surface area (Å²) in [6.45, 7) is 1.99. The van der Waals surface area contributed by atoms with E-state index in [1.807, 2.05) is 6.92 Å². The molecule has 0 radical (unpaired) electrons. The molecular formula is C13H13ClF2N2O. The van der Waals surface area contributed by atoms with E-state index in [2.05, 4.69) is 10.1 Å². The van der Waals surface area contributed by atoms with Crippen molar-refractivity contribution in [2.75, 3.05) is 0 Å². The van der Waals surface area contributed by atoms with Gasteiger partial charge in [0.25, 0.3) is 0 Å². The van der Waals surface area contributed by atoms with E-state index < -0.39 is 11.6 Å². The van der Waals surface area contributed by atoms with Crippen LogP contribution in [0.1, 0.15) is 42.4 Å². The van der Waals surface area contributed by atoms with Gasteiger partial charge in [-0.1, -0.05) is 24.6 Å². The fourth-order valence-electron chi connectivity index (χ4n) is 1.70. The van der Waals surface area contributed by atoms with Gasteiger partial charge in [-0.2, -0.15) is 4.98 Å². The predicted molar refractivity (Wildman–Crippen MR) is 67.0 cm³/mol. The first kappa shape index (κ1) is 13.9. The summed E-state index contributed by atoms with van der Waals surface area (Å²) < 4.78 is 31.9. The number of halogens is 3. The van der Waals surface area contributed by atoms with Crippen LogP contribution >= 0.6 is 11.6 Å². The second-order valence-electron chi connectivity index (χ2n) is 4.18. The fraction of sp³-hybridized carbons (Fsp3) is 0.385. The van der Waals surface area contributed by atoms with E-state index >= 15 is 0 Å². The van der Waals surface area contributed by atoms with Crippen LogP contribution in [0.3, 0.4) is 0 Å². The van der Waals surface area contributed by atoms with Gasteiger partial charge in [0, 0.05) is 5.56 Å². The van der Waals surface area contributed by atoms with Crippen LogP contribution in [0.2, 0.25) is 0 Å². The summed E-state index contributed by atoms with van der Waals surface area (Å²) in [6.07, 6.45) is 1.52. The first-order chi connectivity index (χ1) is 9.11. The molecule has 19 heavy (non-hydrogen) atoms. The molecule has 6 heteroatoms. The van der Waals surface area contributed by atoms with Gasteiger partial charge >= 0.3 is 0 Å². The van der Waals surface area contributed by atoms with Gasteiger partial charge in [0.05, 0.1) is 11.8 Å². The molecule has 0 aliphatic carbocycles. The average molecular weight is 287 g/mol. The lowest BCUT2D eigenvalue weighted by Gasteiger charge is -2.01. The SMILES string of the molecule is CCCC(Cl)c1noc(Cc2c(F)cccc2F)n1. The lowest BCUT2D eigenvalue weighted by molar-refractivity contribution is 0.375. The van der Waals surface area contributed by atoms with Crippen molar-refractivity contribution in [1.82, 2.24) is 10.1 Å². The third-order valence-electron chi connectivity index (χ3n) is 2.70. The molecule has 2 rings (SSSR count). The number of hydrogen-bond acceptors (Lipinski definition) is 3. The van der Waals surface area contributed by atoms with Crippen molar-refractivity contribution in [2.45, 2.75) is 31.6 Å². The molecule has 0 saturated heterocycles. The van der Waals surface area contributed by atoms with Gasteiger partial charge in [-0.05, 0) is 18.6 Å². The zero-order valence-electron chi connectivity index (χ0n) is 10.4. The Kier molecular flexibility index (Phi) is 4.47. The van der Waals surface area contributed by atoms with Crippen molar-refractivity contribution in [2.24, 2.45) is 0 Å². The molecule has 0 aliphatic heterocycles. The van der Waals surface area contributed by atoms with Gasteiger partial charge in [0.15, 0.2) is 5.82 Å². The minimum absolute atomic E-state index is 0.0821. The molecule has 0 aliphatic rings. The van der Waals surface area contributed by atoms with Crippen molar-refractivity contribution in [3.63, 3.8) is 0 Å². The molecule has 1 heterocycles. The Bertz CT molecular complexity index is 539. The number of alkyl halides is 1. The molecular weight excluding hydrogens is 274 g/mol. The maximum Gasteiger partial charge on any atom is 0.231 e. The van der Waals surface area contributed by atoms with Crippen molar-refractivity contribution in [3.05, 3.63) is 47.1 Å². The van der Waals surface area contributed by atoms with Crippen molar-refractivity contribution in [3.8, 4) is 0 Å². The number of benzene rings is 1. The largest absolute Gasteiger partial charge is 0.339 e. The van der Waals surface area contributed by atoms with Crippen LogP contribution in [0.25, 0.3) is 0 Å². The molecule has 0 amide bonds. The first-order valence-electron chi connectivity index (χ1n) is 6.01. The Hall–Kier alpha value is -1.49. The van der Waals surface area contributed by atoms with E-state index in [9.17, 15) is 8.78 Å². The Balaban J connectivity index is 2.16. The Morgan fingerprint density at radius 1 is 1.32 bits per heavy atom. The summed E-state index contributed by atoms with van der Waals surface area (Å²) >= 11 is 6.05. The lowest BCUT2D eigenvalue weighted by Crippen LogP contribution is -1.98. The quantitative estimate of drug-likeness (QED) is 0.779. The molecule has 2 aromatic rings. The number of nitrogens with zero attached hydrogens (tertiary/aromatic N) is 2. The molecule has 0 fully saturated rings. The van der Waals surface area contributed by atoms with Crippen LogP contribution in [-0.4, -0.2) is 10.1 Å². The molecule has 0 spiro atoms. The van der Waals surface area contributed by atoms with Crippen LogP contribution in [0.4, 0.5) is 8.78 Å². The van der Waals surface area contributed by atoms with Gasteiger partial charge in [0.1, 0.15) is 11.6 Å². The molecule has 1 aromatic heterocycles. The maximum absolute atomic E-state index is 13.5. The zero-order valence-corrected chi connectivity index (χ0v) is 11.1. The summed E-state index contributed by atoms with van der Waals surface area (Å²) in [4.78, 5) is 4.06. The van der Waals surface area contributed by atoms with Gasteiger partial charge < -0.3 is 4.52 Å². The highest BCUT2D eigenvalue weighted by Gasteiger charge is 2.17. The third kappa shape index (κ3) is 3.29. The Labute approximate surface area is 114 Å². The molecule has 0 saturated carbocycles. The molecule has 0 bridgehead atoms. The molecule has 1 aromatic carbocycles. The fourth-order valence-corrected chi connectivity index (χ4v) is 2.01. The Morgan fingerprint density at radius 2 is 2.00 bits per heavy atom. The van der Waals surface area contributed by atoms with Crippen molar-refractivity contribution in [1.29, 1.82) is 0 Å². The summed E-state index contributed by atoms with van der Waals surface area (Å²) in [5.41, 5.74) is -0.0840. The average Bonchev–Trinajstić information content (AvgIpc) is 2.83. The number of rotatable bonds is 5. The third-order valence-corrected chi connectivity index (χ3v) is 3.11. The summed E-state index contributed by atoms with van der Waals surface area (Å²) in [5.74, 6) is -0.748. The van der Waals surface area contributed by atoms with Gasteiger partial charge in [-0.25, -0.2) is 8.78 Å². The second kappa shape index (κ2) is 6.10. The van der Waals surface area contributed by atoms with Crippen LogP contribution in [0, 0.1) is 11.6 Å². The van der Waals surface area contributed by atoms with Crippen molar-refractivity contribution >= 4 is 11.6 Å². The van der Waals surface area contributed by atoms with Crippen molar-refractivity contribution < 1.29 is 13.3 Å². The van der Waals surface area contributed by atoms with E-state index in [4.69, 9.17) is 16.1 Å². The smallest absolute Gasteiger partial charge is 0.231 e. The predicted octanol–water partition coefficient (Wildman–Crippen LogP) is 4.02. The lowest BCUT2D eigenvalue weighted by atomic mass is 10.1. The van der Waals surface area contributed by atoms with Crippen LogP contribution in [-0.2, 0) is 6.42 Å². The minimum atomic E-state index is -0.629. The molecule has 1 unspecified atom stereocenters. The molecule has 3 nitrogen and oxygen atoms in total. The van der Waals surface area contributed by atoms with E-state index in [0.29, 0.717) is 12.2 Å². The summed E-state index contributed by atoms with van der Waals surface area (Å²) in [6, 6.07) is 3.69.